The van der Waals surface area contributed by atoms with Crippen molar-refractivity contribution in [3.8, 4) is 11.4 Å². The Kier molecular flexibility index (Phi) is 6.53. The van der Waals surface area contributed by atoms with E-state index in [0.29, 0.717) is 35.4 Å². The molecule has 24 heavy (non-hydrogen) atoms. The number of hydrogen-bond acceptors (Lipinski definition) is 3. The standard InChI is InChI=1S/C16H22ClN5OS/c1-4-9-18-14(23)10-20(2)11-22-16(24)21(3)15(19-22)12-7-5-6-8-13(12)17/h5-8H,4,9-11H2,1-3H3,(H,18,23)/p+1. The first-order valence-corrected chi connectivity index (χ1v) is 8.69. The number of hydrogen-bond donors (Lipinski definition) is 2. The Labute approximate surface area is 152 Å². The van der Waals surface area contributed by atoms with Gasteiger partial charge in [-0.3, -0.25) is 4.79 Å². The lowest BCUT2D eigenvalue weighted by Gasteiger charge is -2.13. The highest BCUT2D eigenvalue weighted by molar-refractivity contribution is 7.71. The molecule has 0 radical (unpaired) electrons. The smallest absolute Gasteiger partial charge is 0.275 e. The molecule has 6 nitrogen and oxygen atoms in total. The van der Waals surface area contributed by atoms with E-state index in [2.05, 4.69) is 10.4 Å². The molecule has 0 fully saturated rings. The van der Waals surface area contributed by atoms with E-state index in [4.69, 9.17) is 23.8 Å². The van der Waals surface area contributed by atoms with Crippen LogP contribution in [-0.2, 0) is 18.5 Å². The summed E-state index contributed by atoms with van der Waals surface area (Å²) >= 11 is 11.7. The normalized spacial score (nSPS) is 12.2. The number of benzene rings is 1. The van der Waals surface area contributed by atoms with Crippen LogP contribution in [0.25, 0.3) is 11.4 Å². The molecule has 1 aromatic heterocycles. The molecule has 0 aliphatic carbocycles. The van der Waals surface area contributed by atoms with Crippen LogP contribution >= 0.6 is 23.8 Å². The molecule has 0 spiro atoms. The second kappa shape index (κ2) is 8.41. The Morgan fingerprint density at radius 2 is 2.12 bits per heavy atom. The fourth-order valence-corrected chi connectivity index (χ4v) is 2.79. The number of quaternary nitrogens is 1. The highest BCUT2D eigenvalue weighted by Gasteiger charge is 2.16. The van der Waals surface area contributed by atoms with Crippen LogP contribution in [0.5, 0.6) is 0 Å². The van der Waals surface area contributed by atoms with Crippen molar-refractivity contribution in [2.45, 2.75) is 20.0 Å². The third-order valence-corrected chi connectivity index (χ3v) is 4.42. The van der Waals surface area contributed by atoms with Crippen LogP contribution < -0.4 is 10.2 Å². The first-order valence-electron chi connectivity index (χ1n) is 7.90. The van der Waals surface area contributed by atoms with E-state index in [0.717, 1.165) is 16.9 Å². The minimum absolute atomic E-state index is 0.0307. The molecule has 2 N–H and O–H groups in total. The molecular weight excluding hydrogens is 346 g/mol. The molecule has 0 bridgehead atoms. The van der Waals surface area contributed by atoms with Gasteiger partial charge in [-0.25, -0.2) is 0 Å². The fourth-order valence-electron chi connectivity index (χ4n) is 2.38. The van der Waals surface area contributed by atoms with E-state index in [1.165, 1.54) is 0 Å². The van der Waals surface area contributed by atoms with Gasteiger partial charge in [0.25, 0.3) is 5.91 Å². The Morgan fingerprint density at radius 1 is 1.42 bits per heavy atom. The van der Waals surface area contributed by atoms with Gasteiger partial charge in [-0.05, 0) is 30.8 Å². The van der Waals surface area contributed by atoms with E-state index < -0.39 is 0 Å². The summed E-state index contributed by atoms with van der Waals surface area (Å²) in [5, 5.41) is 8.10. The molecule has 1 atom stereocenters. The molecule has 1 unspecified atom stereocenters. The summed E-state index contributed by atoms with van der Waals surface area (Å²) in [6.45, 7) is 3.61. The van der Waals surface area contributed by atoms with Crippen LogP contribution in [0, 0.1) is 4.77 Å². The van der Waals surface area contributed by atoms with Gasteiger partial charge < -0.3 is 14.8 Å². The van der Waals surface area contributed by atoms with E-state index >= 15 is 0 Å². The highest BCUT2D eigenvalue weighted by atomic mass is 35.5. The van der Waals surface area contributed by atoms with Crippen molar-refractivity contribution in [2.24, 2.45) is 7.05 Å². The van der Waals surface area contributed by atoms with Gasteiger partial charge in [0.15, 0.2) is 19.0 Å². The van der Waals surface area contributed by atoms with Crippen molar-refractivity contribution >= 4 is 29.7 Å². The summed E-state index contributed by atoms with van der Waals surface area (Å²) in [7, 11) is 3.81. The molecule has 1 aromatic carbocycles. The number of aromatic nitrogens is 3. The predicted octanol–water partition coefficient (Wildman–Crippen LogP) is 1.27. The maximum Gasteiger partial charge on any atom is 0.275 e. The van der Waals surface area contributed by atoms with Crippen molar-refractivity contribution < 1.29 is 9.69 Å². The number of amides is 1. The number of nitrogens with zero attached hydrogens (tertiary/aromatic N) is 3. The van der Waals surface area contributed by atoms with Gasteiger partial charge in [0.2, 0.25) is 4.77 Å². The molecule has 0 aliphatic rings. The van der Waals surface area contributed by atoms with Gasteiger partial charge in [-0.1, -0.05) is 30.7 Å². The molecule has 1 heterocycles. The molecule has 130 valence electrons. The maximum absolute atomic E-state index is 11.8. The van der Waals surface area contributed by atoms with E-state index in [1.54, 1.807) is 4.68 Å². The van der Waals surface area contributed by atoms with Gasteiger partial charge in [0.1, 0.15) is 0 Å². The van der Waals surface area contributed by atoms with Crippen LogP contribution in [0.15, 0.2) is 24.3 Å². The molecule has 2 aromatic rings. The molecule has 2 rings (SSSR count). The van der Waals surface area contributed by atoms with Gasteiger partial charge in [0, 0.05) is 19.2 Å². The summed E-state index contributed by atoms with van der Waals surface area (Å²) in [5.41, 5.74) is 0.838. The first kappa shape index (κ1) is 18.6. The Balaban J connectivity index is 2.15. The van der Waals surface area contributed by atoms with Gasteiger partial charge >= 0.3 is 0 Å². The van der Waals surface area contributed by atoms with Gasteiger partial charge in [0.05, 0.1) is 12.1 Å². The predicted molar refractivity (Wildman–Crippen MR) is 97.5 cm³/mol. The van der Waals surface area contributed by atoms with Crippen LogP contribution in [0.3, 0.4) is 0 Å². The monoisotopic (exact) mass is 368 g/mol. The molecule has 8 heteroatoms. The molecule has 1 amide bonds. The molecule has 0 saturated heterocycles. The Hall–Kier alpha value is -1.70. The van der Waals surface area contributed by atoms with E-state index in [-0.39, 0.29) is 5.91 Å². The number of nitrogens with one attached hydrogen (secondary N) is 2. The van der Waals surface area contributed by atoms with Crippen molar-refractivity contribution in [3.63, 3.8) is 0 Å². The second-order valence-corrected chi connectivity index (χ2v) is 6.56. The maximum atomic E-state index is 11.8. The molecule has 0 aliphatic heterocycles. The van der Waals surface area contributed by atoms with Crippen molar-refractivity contribution in [3.05, 3.63) is 34.1 Å². The van der Waals surface area contributed by atoms with Crippen LogP contribution in [0.2, 0.25) is 5.02 Å². The topological polar surface area (TPSA) is 56.3 Å². The quantitative estimate of drug-likeness (QED) is 0.724. The van der Waals surface area contributed by atoms with Crippen molar-refractivity contribution in [1.29, 1.82) is 0 Å². The second-order valence-electron chi connectivity index (χ2n) is 5.79. The zero-order chi connectivity index (χ0) is 17.7. The number of halogens is 1. The van der Waals surface area contributed by atoms with Crippen LogP contribution in [0.4, 0.5) is 0 Å². The molecular formula is C16H23ClN5OS+. The highest BCUT2D eigenvalue weighted by Crippen LogP contribution is 2.25. The summed E-state index contributed by atoms with van der Waals surface area (Å²) in [5.74, 6) is 0.747. The third-order valence-electron chi connectivity index (χ3n) is 3.61. The van der Waals surface area contributed by atoms with E-state index in [9.17, 15) is 4.79 Å². The summed E-state index contributed by atoms with van der Waals surface area (Å²) < 4.78 is 4.16. The number of carbonyl (C=O) groups is 1. The van der Waals surface area contributed by atoms with Crippen LogP contribution in [0.1, 0.15) is 13.3 Å². The zero-order valence-corrected chi connectivity index (χ0v) is 15.7. The Morgan fingerprint density at radius 3 is 2.79 bits per heavy atom. The molecule has 0 saturated carbocycles. The van der Waals surface area contributed by atoms with Gasteiger partial charge in [-0.15, -0.1) is 5.10 Å². The average Bonchev–Trinajstić information content (AvgIpc) is 2.81. The third kappa shape index (κ3) is 4.43. The van der Waals surface area contributed by atoms with Crippen molar-refractivity contribution in [2.75, 3.05) is 20.1 Å². The first-order chi connectivity index (χ1) is 11.4. The fraction of sp³-hybridized carbons (Fsp3) is 0.438. The lowest BCUT2D eigenvalue weighted by molar-refractivity contribution is -0.895. The lowest BCUT2D eigenvalue weighted by atomic mass is 10.2. The minimum Gasteiger partial charge on any atom is -0.351 e. The number of rotatable bonds is 7. The average molecular weight is 369 g/mol. The largest absolute Gasteiger partial charge is 0.351 e. The SMILES string of the molecule is CCCNC(=O)C[NH+](C)Cn1nc(-c2ccccc2Cl)n(C)c1=S. The van der Waals surface area contributed by atoms with Gasteiger partial charge in [-0.2, -0.15) is 4.68 Å². The van der Waals surface area contributed by atoms with Crippen molar-refractivity contribution in [1.82, 2.24) is 19.7 Å². The number of likely N-dealkylation sites (N-methyl/N-ethyl adjacent to an activating group) is 1. The summed E-state index contributed by atoms with van der Waals surface area (Å²) in [6, 6.07) is 7.54. The lowest BCUT2D eigenvalue weighted by Crippen LogP contribution is -3.09. The minimum atomic E-state index is 0.0307. The number of carbonyl (C=O) groups excluding carboxylic acids is 1. The van der Waals surface area contributed by atoms with E-state index in [1.807, 2.05) is 49.9 Å². The zero-order valence-electron chi connectivity index (χ0n) is 14.2. The summed E-state index contributed by atoms with van der Waals surface area (Å²) in [4.78, 5) is 12.8. The van der Waals surface area contributed by atoms with Crippen LogP contribution in [-0.4, -0.2) is 40.4 Å². The Bertz CT molecular complexity index is 770. The summed E-state index contributed by atoms with van der Waals surface area (Å²) in [6.07, 6.45) is 0.928.